The van der Waals surface area contributed by atoms with Crippen LogP contribution in [-0.2, 0) is 4.74 Å². The molecule has 0 spiro atoms. The Kier molecular flexibility index (Phi) is 3.58. The lowest BCUT2D eigenvalue weighted by molar-refractivity contribution is 0.0963. The minimum absolute atomic E-state index is 0.199. The van der Waals surface area contributed by atoms with Crippen molar-refractivity contribution in [3.8, 4) is 11.1 Å². The Labute approximate surface area is 121 Å². The molecule has 0 bridgehead atoms. The number of amides is 1. The molecule has 21 heavy (non-hydrogen) atoms. The number of carbonyl (C=O) groups excluding carboxylic acids is 1. The standard InChI is InChI=1S/C16H14FNO3/c17-15-4-2-1-3-14(15)11-5-7-12(8-6-11)18-9-13(10-19)21-16(18)20/h1-8,13,19H,9-10H2/t13-/m1/s1. The second kappa shape index (κ2) is 5.54. The summed E-state index contributed by atoms with van der Waals surface area (Å²) >= 11 is 0. The summed E-state index contributed by atoms with van der Waals surface area (Å²) < 4.78 is 18.7. The number of cyclic esters (lactones) is 1. The quantitative estimate of drug-likeness (QED) is 0.944. The van der Waals surface area contributed by atoms with Gasteiger partial charge in [-0.05, 0) is 23.8 Å². The minimum atomic E-state index is -0.497. The van der Waals surface area contributed by atoms with Gasteiger partial charge in [-0.3, -0.25) is 4.90 Å². The normalized spacial score (nSPS) is 17.9. The minimum Gasteiger partial charge on any atom is -0.441 e. The lowest BCUT2D eigenvalue weighted by Gasteiger charge is -2.13. The number of nitrogens with zero attached hydrogens (tertiary/aromatic N) is 1. The van der Waals surface area contributed by atoms with E-state index in [0.717, 1.165) is 5.56 Å². The summed E-state index contributed by atoms with van der Waals surface area (Å²) in [5.74, 6) is -0.286. The molecule has 1 saturated heterocycles. The molecule has 4 nitrogen and oxygen atoms in total. The number of carbonyl (C=O) groups is 1. The zero-order valence-corrected chi connectivity index (χ0v) is 11.2. The van der Waals surface area contributed by atoms with Gasteiger partial charge in [0, 0.05) is 11.3 Å². The number of aliphatic hydroxyl groups excluding tert-OH is 1. The Hall–Kier alpha value is -2.40. The van der Waals surface area contributed by atoms with Gasteiger partial charge in [-0.25, -0.2) is 9.18 Å². The first-order valence-corrected chi connectivity index (χ1v) is 6.63. The number of anilines is 1. The summed E-state index contributed by atoms with van der Waals surface area (Å²) in [6.07, 6.45) is -0.976. The van der Waals surface area contributed by atoms with Crippen LogP contribution < -0.4 is 4.90 Å². The molecule has 0 aromatic heterocycles. The van der Waals surface area contributed by atoms with E-state index < -0.39 is 12.2 Å². The highest BCUT2D eigenvalue weighted by atomic mass is 19.1. The topological polar surface area (TPSA) is 49.8 Å². The van der Waals surface area contributed by atoms with Crippen molar-refractivity contribution >= 4 is 11.8 Å². The van der Waals surface area contributed by atoms with Crippen LogP contribution in [0.3, 0.4) is 0 Å². The molecule has 3 rings (SSSR count). The molecular formula is C16H14FNO3. The Morgan fingerprint density at radius 2 is 1.90 bits per heavy atom. The maximum atomic E-state index is 13.7. The van der Waals surface area contributed by atoms with Crippen molar-refractivity contribution in [2.24, 2.45) is 0 Å². The lowest BCUT2D eigenvalue weighted by Crippen LogP contribution is -2.25. The number of halogens is 1. The first-order valence-electron chi connectivity index (χ1n) is 6.63. The maximum Gasteiger partial charge on any atom is 0.414 e. The van der Waals surface area contributed by atoms with Gasteiger partial charge in [0.2, 0.25) is 0 Å². The Morgan fingerprint density at radius 3 is 2.52 bits per heavy atom. The fourth-order valence-corrected chi connectivity index (χ4v) is 2.34. The Bertz CT molecular complexity index is 657. The molecule has 0 saturated carbocycles. The lowest BCUT2D eigenvalue weighted by atomic mass is 10.0. The van der Waals surface area contributed by atoms with E-state index in [0.29, 0.717) is 17.8 Å². The van der Waals surface area contributed by atoms with Crippen molar-refractivity contribution in [1.29, 1.82) is 0 Å². The molecule has 2 aromatic carbocycles. The summed E-state index contributed by atoms with van der Waals surface area (Å²) in [5, 5.41) is 9.03. The Balaban J connectivity index is 1.85. The first-order chi connectivity index (χ1) is 10.2. The van der Waals surface area contributed by atoms with Crippen LogP contribution in [-0.4, -0.2) is 30.5 Å². The summed E-state index contributed by atoms with van der Waals surface area (Å²) in [6, 6.07) is 13.5. The summed E-state index contributed by atoms with van der Waals surface area (Å²) in [7, 11) is 0. The molecule has 1 heterocycles. The fourth-order valence-electron chi connectivity index (χ4n) is 2.34. The van der Waals surface area contributed by atoms with Gasteiger partial charge in [-0.2, -0.15) is 0 Å². The van der Waals surface area contributed by atoms with Gasteiger partial charge in [0.25, 0.3) is 0 Å². The van der Waals surface area contributed by atoms with E-state index in [2.05, 4.69) is 0 Å². The third-order valence-corrected chi connectivity index (χ3v) is 3.44. The van der Waals surface area contributed by atoms with Crippen LogP contribution in [0.4, 0.5) is 14.9 Å². The Morgan fingerprint density at radius 1 is 1.19 bits per heavy atom. The van der Waals surface area contributed by atoms with E-state index in [9.17, 15) is 9.18 Å². The zero-order chi connectivity index (χ0) is 14.8. The molecule has 0 aliphatic carbocycles. The van der Waals surface area contributed by atoms with E-state index in [1.807, 2.05) is 0 Å². The van der Waals surface area contributed by atoms with Crippen molar-refractivity contribution in [3.63, 3.8) is 0 Å². The maximum absolute atomic E-state index is 13.7. The molecule has 2 aromatic rings. The van der Waals surface area contributed by atoms with Crippen molar-refractivity contribution in [1.82, 2.24) is 0 Å². The smallest absolute Gasteiger partial charge is 0.414 e. The van der Waals surface area contributed by atoms with Gasteiger partial charge in [0.15, 0.2) is 0 Å². The van der Waals surface area contributed by atoms with E-state index >= 15 is 0 Å². The second-order valence-electron chi connectivity index (χ2n) is 4.83. The molecule has 1 aliphatic rings. The van der Waals surface area contributed by atoms with Crippen molar-refractivity contribution < 1.29 is 19.0 Å². The molecule has 1 aliphatic heterocycles. The molecule has 108 valence electrons. The van der Waals surface area contributed by atoms with Gasteiger partial charge in [-0.15, -0.1) is 0 Å². The number of benzene rings is 2. The summed E-state index contributed by atoms with van der Waals surface area (Å²) in [4.78, 5) is 13.1. The monoisotopic (exact) mass is 287 g/mol. The van der Waals surface area contributed by atoms with Gasteiger partial charge in [-0.1, -0.05) is 30.3 Å². The van der Waals surface area contributed by atoms with Gasteiger partial charge < -0.3 is 9.84 Å². The van der Waals surface area contributed by atoms with Crippen LogP contribution in [0.15, 0.2) is 48.5 Å². The highest BCUT2D eigenvalue weighted by molar-refractivity contribution is 5.90. The van der Waals surface area contributed by atoms with Crippen molar-refractivity contribution in [2.75, 3.05) is 18.1 Å². The van der Waals surface area contributed by atoms with E-state index in [1.165, 1.54) is 11.0 Å². The molecule has 0 radical (unpaired) electrons. The third-order valence-electron chi connectivity index (χ3n) is 3.44. The highest BCUT2D eigenvalue weighted by Gasteiger charge is 2.31. The average Bonchev–Trinajstić information content (AvgIpc) is 2.89. The van der Waals surface area contributed by atoms with Crippen LogP contribution in [0, 0.1) is 5.82 Å². The average molecular weight is 287 g/mol. The fraction of sp³-hybridized carbons (Fsp3) is 0.188. The van der Waals surface area contributed by atoms with Crippen LogP contribution in [0.25, 0.3) is 11.1 Å². The van der Waals surface area contributed by atoms with E-state index in [-0.39, 0.29) is 12.4 Å². The summed E-state index contributed by atoms with van der Waals surface area (Å²) in [6.45, 7) is 0.115. The summed E-state index contributed by atoms with van der Waals surface area (Å²) in [5.41, 5.74) is 1.92. The molecule has 1 fully saturated rings. The second-order valence-corrected chi connectivity index (χ2v) is 4.83. The van der Waals surface area contributed by atoms with Crippen LogP contribution in [0.1, 0.15) is 0 Å². The van der Waals surface area contributed by atoms with E-state index in [4.69, 9.17) is 9.84 Å². The first kappa shape index (κ1) is 13.6. The van der Waals surface area contributed by atoms with Gasteiger partial charge >= 0.3 is 6.09 Å². The molecule has 0 unspecified atom stereocenters. The molecule has 1 amide bonds. The van der Waals surface area contributed by atoms with Crippen molar-refractivity contribution in [2.45, 2.75) is 6.10 Å². The number of hydrogen-bond donors (Lipinski definition) is 1. The van der Waals surface area contributed by atoms with Gasteiger partial charge in [0.05, 0.1) is 13.2 Å². The third kappa shape index (κ3) is 2.60. The molecule has 1 N–H and O–H groups in total. The highest BCUT2D eigenvalue weighted by Crippen LogP contribution is 2.27. The number of hydrogen-bond acceptors (Lipinski definition) is 3. The predicted octanol–water partition coefficient (Wildman–Crippen LogP) is 2.81. The SMILES string of the molecule is O=C1O[C@@H](CO)CN1c1ccc(-c2ccccc2F)cc1. The van der Waals surface area contributed by atoms with Gasteiger partial charge in [0.1, 0.15) is 11.9 Å². The number of rotatable bonds is 3. The van der Waals surface area contributed by atoms with Crippen LogP contribution >= 0.6 is 0 Å². The number of aliphatic hydroxyl groups is 1. The van der Waals surface area contributed by atoms with Crippen LogP contribution in [0.5, 0.6) is 0 Å². The van der Waals surface area contributed by atoms with Crippen molar-refractivity contribution in [3.05, 3.63) is 54.3 Å². The van der Waals surface area contributed by atoms with E-state index in [1.54, 1.807) is 42.5 Å². The zero-order valence-electron chi connectivity index (χ0n) is 11.2. The molecule has 1 atom stereocenters. The molecule has 5 heteroatoms. The molecular weight excluding hydrogens is 273 g/mol. The van der Waals surface area contributed by atoms with Crippen LogP contribution in [0.2, 0.25) is 0 Å². The largest absolute Gasteiger partial charge is 0.441 e. The number of ether oxygens (including phenoxy) is 1. The predicted molar refractivity (Wildman–Crippen MR) is 76.5 cm³/mol.